The van der Waals surface area contributed by atoms with Crippen LogP contribution in [0.2, 0.25) is 0 Å². The highest BCUT2D eigenvalue weighted by molar-refractivity contribution is 7.92. The van der Waals surface area contributed by atoms with Crippen molar-refractivity contribution in [3.05, 3.63) is 54.3 Å². The molecule has 0 bridgehead atoms. The molecule has 0 spiro atoms. The number of benzene rings is 2. The summed E-state index contributed by atoms with van der Waals surface area (Å²) in [6.07, 6.45) is 0. The predicted molar refractivity (Wildman–Crippen MR) is 68.1 cm³/mol. The molecule has 18 heavy (non-hydrogen) atoms. The summed E-state index contributed by atoms with van der Waals surface area (Å²) in [5, 5.41) is 0. The first kappa shape index (κ1) is 12.4. The zero-order valence-electron chi connectivity index (χ0n) is 9.30. The second-order valence-electron chi connectivity index (χ2n) is 3.65. The molecule has 2 aromatic rings. The molecule has 0 saturated carbocycles. The highest BCUT2D eigenvalue weighted by Crippen LogP contribution is 2.21. The molecule has 0 aliphatic heterocycles. The molecule has 94 valence electrons. The lowest BCUT2D eigenvalue weighted by Crippen LogP contribution is -2.14. The van der Waals surface area contributed by atoms with Crippen LogP contribution in [0.25, 0.3) is 0 Å². The lowest BCUT2D eigenvalue weighted by molar-refractivity contribution is 0.599. The summed E-state index contributed by atoms with van der Waals surface area (Å²) in [5.74, 6) is -0.492. The van der Waals surface area contributed by atoms with Crippen molar-refractivity contribution in [1.82, 2.24) is 0 Å². The Morgan fingerprint density at radius 3 is 2.22 bits per heavy atom. The quantitative estimate of drug-likeness (QED) is 0.837. The van der Waals surface area contributed by atoms with Crippen LogP contribution in [0, 0.1) is 5.82 Å². The van der Waals surface area contributed by atoms with Gasteiger partial charge in [-0.05, 0) is 36.4 Å². The van der Waals surface area contributed by atoms with Crippen molar-refractivity contribution in [2.24, 2.45) is 0 Å². The maximum atomic E-state index is 12.7. The number of nitrogens with two attached hydrogens (primary N) is 1. The average molecular weight is 266 g/mol. The molecule has 0 amide bonds. The minimum absolute atomic E-state index is 0.0212. The average Bonchev–Trinajstić information content (AvgIpc) is 2.32. The number of para-hydroxylation sites is 2. The van der Waals surface area contributed by atoms with Crippen molar-refractivity contribution in [3.63, 3.8) is 0 Å². The highest BCUT2D eigenvalue weighted by atomic mass is 32.2. The van der Waals surface area contributed by atoms with Gasteiger partial charge in [-0.2, -0.15) is 0 Å². The zero-order chi connectivity index (χ0) is 13.2. The number of hydrogen-bond acceptors (Lipinski definition) is 3. The van der Waals surface area contributed by atoms with Crippen LogP contribution in [-0.2, 0) is 10.0 Å². The van der Waals surface area contributed by atoms with Crippen molar-refractivity contribution in [1.29, 1.82) is 0 Å². The van der Waals surface area contributed by atoms with Crippen LogP contribution in [0.4, 0.5) is 15.8 Å². The number of halogens is 1. The first-order valence-electron chi connectivity index (χ1n) is 5.12. The van der Waals surface area contributed by atoms with Gasteiger partial charge in [-0.25, -0.2) is 12.8 Å². The van der Waals surface area contributed by atoms with E-state index < -0.39 is 15.8 Å². The Bertz CT molecular complexity index is 654. The molecular formula is C12H11FN2O2S. The van der Waals surface area contributed by atoms with Gasteiger partial charge >= 0.3 is 0 Å². The third-order valence-electron chi connectivity index (χ3n) is 2.33. The van der Waals surface area contributed by atoms with Gasteiger partial charge in [0, 0.05) is 0 Å². The Labute approximate surface area is 104 Å². The van der Waals surface area contributed by atoms with Gasteiger partial charge in [-0.15, -0.1) is 0 Å². The van der Waals surface area contributed by atoms with Crippen LogP contribution >= 0.6 is 0 Å². The van der Waals surface area contributed by atoms with E-state index in [1.165, 1.54) is 12.1 Å². The molecule has 0 unspecified atom stereocenters. The topological polar surface area (TPSA) is 72.2 Å². The van der Waals surface area contributed by atoms with Gasteiger partial charge in [0.1, 0.15) is 5.82 Å². The summed E-state index contributed by atoms with van der Waals surface area (Å²) >= 11 is 0. The molecule has 0 aliphatic carbocycles. The smallest absolute Gasteiger partial charge is 0.261 e. The summed E-state index contributed by atoms with van der Waals surface area (Å²) in [5.41, 5.74) is 6.26. The van der Waals surface area contributed by atoms with E-state index in [1.807, 2.05) is 0 Å². The van der Waals surface area contributed by atoms with Crippen molar-refractivity contribution < 1.29 is 12.8 Å². The summed E-state index contributed by atoms with van der Waals surface area (Å²) in [4.78, 5) is -0.0212. The molecule has 2 rings (SSSR count). The fourth-order valence-corrected chi connectivity index (χ4v) is 2.50. The number of nitrogens with one attached hydrogen (secondary N) is 1. The molecule has 0 fully saturated rings. The second kappa shape index (κ2) is 4.66. The van der Waals surface area contributed by atoms with E-state index in [-0.39, 0.29) is 4.90 Å². The molecule has 2 aromatic carbocycles. The third-order valence-corrected chi connectivity index (χ3v) is 3.71. The van der Waals surface area contributed by atoms with E-state index in [1.54, 1.807) is 24.3 Å². The molecule has 0 aromatic heterocycles. The number of hydrogen-bond donors (Lipinski definition) is 2. The van der Waals surface area contributed by atoms with Crippen LogP contribution < -0.4 is 10.5 Å². The van der Waals surface area contributed by atoms with Gasteiger partial charge in [0.05, 0.1) is 16.3 Å². The number of nitrogen functional groups attached to an aromatic ring is 1. The van der Waals surface area contributed by atoms with Crippen molar-refractivity contribution in [2.45, 2.75) is 4.90 Å². The highest BCUT2D eigenvalue weighted by Gasteiger charge is 2.14. The van der Waals surface area contributed by atoms with Crippen LogP contribution in [0.5, 0.6) is 0 Å². The van der Waals surface area contributed by atoms with E-state index in [2.05, 4.69) is 4.72 Å². The molecule has 0 heterocycles. The van der Waals surface area contributed by atoms with E-state index in [0.29, 0.717) is 11.4 Å². The normalized spacial score (nSPS) is 11.2. The second-order valence-corrected chi connectivity index (χ2v) is 5.33. The van der Waals surface area contributed by atoms with E-state index in [0.717, 1.165) is 12.1 Å². The van der Waals surface area contributed by atoms with E-state index in [9.17, 15) is 12.8 Å². The monoisotopic (exact) mass is 266 g/mol. The largest absolute Gasteiger partial charge is 0.397 e. The maximum absolute atomic E-state index is 12.7. The third kappa shape index (κ3) is 2.60. The minimum Gasteiger partial charge on any atom is -0.397 e. The summed E-state index contributed by atoms with van der Waals surface area (Å²) in [6.45, 7) is 0. The number of anilines is 2. The summed E-state index contributed by atoms with van der Waals surface area (Å²) in [7, 11) is -3.75. The fourth-order valence-electron chi connectivity index (χ4n) is 1.41. The Balaban J connectivity index is 2.33. The van der Waals surface area contributed by atoms with Gasteiger partial charge in [-0.1, -0.05) is 12.1 Å². The van der Waals surface area contributed by atoms with Gasteiger partial charge in [0.25, 0.3) is 10.0 Å². The van der Waals surface area contributed by atoms with E-state index >= 15 is 0 Å². The molecular weight excluding hydrogens is 255 g/mol. The lowest BCUT2D eigenvalue weighted by Gasteiger charge is -2.09. The summed E-state index contributed by atoms with van der Waals surface area (Å²) in [6, 6.07) is 11.1. The van der Waals surface area contributed by atoms with E-state index in [4.69, 9.17) is 5.73 Å². The molecule has 0 saturated heterocycles. The molecule has 0 atom stereocenters. The Morgan fingerprint density at radius 1 is 1.00 bits per heavy atom. The molecule has 0 aliphatic rings. The van der Waals surface area contributed by atoms with Crippen molar-refractivity contribution in [2.75, 3.05) is 10.5 Å². The summed E-state index contributed by atoms with van der Waals surface area (Å²) < 4.78 is 39.0. The fraction of sp³-hybridized carbons (Fsp3) is 0. The van der Waals surface area contributed by atoms with Crippen LogP contribution in [0.15, 0.2) is 53.4 Å². The molecule has 0 radical (unpaired) electrons. The Hall–Kier alpha value is -2.08. The van der Waals surface area contributed by atoms with Gasteiger partial charge in [0.15, 0.2) is 0 Å². The van der Waals surface area contributed by atoms with Crippen molar-refractivity contribution >= 4 is 21.4 Å². The van der Waals surface area contributed by atoms with Gasteiger partial charge in [0.2, 0.25) is 0 Å². The predicted octanol–water partition coefficient (Wildman–Crippen LogP) is 2.21. The lowest BCUT2D eigenvalue weighted by atomic mass is 10.3. The molecule has 3 N–H and O–H groups in total. The van der Waals surface area contributed by atoms with Gasteiger partial charge < -0.3 is 5.73 Å². The van der Waals surface area contributed by atoms with Crippen LogP contribution in [-0.4, -0.2) is 8.42 Å². The Kier molecular flexibility index (Phi) is 3.20. The van der Waals surface area contributed by atoms with Crippen molar-refractivity contribution in [3.8, 4) is 0 Å². The SMILES string of the molecule is Nc1ccccc1NS(=O)(=O)c1ccc(F)cc1. The molecule has 6 heteroatoms. The number of rotatable bonds is 3. The van der Waals surface area contributed by atoms with Crippen LogP contribution in [0.1, 0.15) is 0 Å². The minimum atomic E-state index is -3.75. The number of sulfonamides is 1. The maximum Gasteiger partial charge on any atom is 0.261 e. The Morgan fingerprint density at radius 2 is 1.61 bits per heavy atom. The van der Waals surface area contributed by atoms with Gasteiger partial charge in [-0.3, -0.25) is 4.72 Å². The van der Waals surface area contributed by atoms with Crippen LogP contribution in [0.3, 0.4) is 0 Å². The first-order valence-corrected chi connectivity index (χ1v) is 6.60. The molecule has 4 nitrogen and oxygen atoms in total. The zero-order valence-corrected chi connectivity index (χ0v) is 10.1. The standard InChI is InChI=1S/C12H11FN2O2S/c13-9-5-7-10(8-6-9)18(16,17)15-12-4-2-1-3-11(12)14/h1-8,15H,14H2. The first-order chi connectivity index (χ1) is 8.49.